The van der Waals surface area contributed by atoms with E-state index in [4.69, 9.17) is 5.73 Å². The molecule has 0 aliphatic carbocycles. The van der Waals surface area contributed by atoms with Crippen LogP contribution in [-0.2, 0) is 11.2 Å². The maximum absolute atomic E-state index is 10.6. The number of primary amides is 1. The highest BCUT2D eigenvalue weighted by molar-refractivity contribution is 5.75. The number of hydrogen-bond acceptors (Lipinski definition) is 4. The predicted octanol–water partition coefficient (Wildman–Crippen LogP) is -0.848. The summed E-state index contributed by atoms with van der Waals surface area (Å²) in [5.41, 5.74) is 5.00. The molecule has 6 nitrogen and oxygen atoms in total. The molecule has 0 spiro atoms. The zero-order chi connectivity index (χ0) is 9.26. The Labute approximate surface area is 73.4 Å². The van der Waals surface area contributed by atoms with Crippen LogP contribution in [0.4, 0.5) is 0 Å². The molecule has 13 heavy (non-hydrogen) atoms. The Kier molecular flexibility index (Phi) is 1.66. The third-order valence-corrected chi connectivity index (χ3v) is 1.49. The lowest BCUT2D eigenvalue weighted by atomic mass is 10.4. The maximum Gasteiger partial charge on any atom is 0.252 e. The van der Waals surface area contributed by atoms with Crippen molar-refractivity contribution in [2.24, 2.45) is 5.73 Å². The third kappa shape index (κ3) is 1.46. The van der Waals surface area contributed by atoms with Crippen molar-refractivity contribution in [1.29, 1.82) is 0 Å². The molecule has 0 atom stereocenters. The Morgan fingerprint density at radius 2 is 2.46 bits per heavy atom. The number of amides is 1. The fourth-order valence-electron chi connectivity index (χ4n) is 1.01. The molecular weight excluding hydrogens is 170 g/mol. The van der Waals surface area contributed by atoms with Gasteiger partial charge in [0.25, 0.3) is 5.78 Å². The fourth-order valence-corrected chi connectivity index (χ4v) is 1.01. The summed E-state index contributed by atoms with van der Waals surface area (Å²) in [7, 11) is 0. The number of hydrogen-bond donors (Lipinski definition) is 1. The number of rotatable bonds is 2. The molecule has 66 valence electrons. The van der Waals surface area contributed by atoms with Crippen LogP contribution in [0.15, 0.2) is 18.5 Å². The van der Waals surface area contributed by atoms with Crippen LogP contribution in [0, 0.1) is 0 Å². The Bertz CT molecular complexity index is 416. The van der Waals surface area contributed by atoms with Gasteiger partial charge in [0, 0.05) is 12.4 Å². The van der Waals surface area contributed by atoms with Crippen molar-refractivity contribution in [3.8, 4) is 0 Å². The third-order valence-electron chi connectivity index (χ3n) is 1.49. The van der Waals surface area contributed by atoms with Crippen LogP contribution in [0.5, 0.6) is 0 Å². The number of fused-ring (bicyclic) bond motifs is 1. The smallest absolute Gasteiger partial charge is 0.252 e. The monoisotopic (exact) mass is 177 g/mol. The molecule has 2 heterocycles. The van der Waals surface area contributed by atoms with Gasteiger partial charge in [-0.3, -0.25) is 4.79 Å². The zero-order valence-corrected chi connectivity index (χ0v) is 6.71. The van der Waals surface area contributed by atoms with Crippen LogP contribution < -0.4 is 5.73 Å². The predicted molar refractivity (Wildman–Crippen MR) is 43.7 cm³/mol. The minimum absolute atomic E-state index is 0.0450. The van der Waals surface area contributed by atoms with E-state index in [1.54, 1.807) is 18.5 Å². The van der Waals surface area contributed by atoms with E-state index in [1.165, 1.54) is 4.52 Å². The number of carbonyl (C=O) groups is 1. The molecule has 6 heteroatoms. The Morgan fingerprint density at radius 3 is 3.15 bits per heavy atom. The molecule has 0 radical (unpaired) electrons. The van der Waals surface area contributed by atoms with Gasteiger partial charge in [0.15, 0.2) is 5.82 Å². The SMILES string of the molecule is NC(=O)Cc1nc2ncccn2n1. The fraction of sp³-hybridized carbons (Fsp3) is 0.143. The highest BCUT2D eigenvalue weighted by atomic mass is 16.1. The highest BCUT2D eigenvalue weighted by Gasteiger charge is 2.05. The zero-order valence-electron chi connectivity index (χ0n) is 6.71. The van der Waals surface area contributed by atoms with Gasteiger partial charge >= 0.3 is 0 Å². The van der Waals surface area contributed by atoms with Crippen LogP contribution in [-0.4, -0.2) is 25.5 Å². The van der Waals surface area contributed by atoms with Gasteiger partial charge in [-0.25, -0.2) is 9.50 Å². The lowest BCUT2D eigenvalue weighted by molar-refractivity contribution is -0.117. The molecule has 0 saturated heterocycles. The normalized spacial score (nSPS) is 10.5. The number of nitrogens with zero attached hydrogens (tertiary/aromatic N) is 4. The van der Waals surface area contributed by atoms with Gasteiger partial charge < -0.3 is 5.73 Å². The Hall–Kier alpha value is -1.98. The second-order valence-corrected chi connectivity index (χ2v) is 2.54. The average molecular weight is 177 g/mol. The summed E-state index contributed by atoms with van der Waals surface area (Å²) in [5.74, 6) is 0.417. The molecule has 0 aliphatic rings. The van der Waals surface area contributed by atoms with E-state index in [-0.39, 0.29) is 6.42 Å². The second kappa shape index (κ2) is 2.81. The van der Waals surface area contributed by atoms with E-state index in [0.717, 1.165) is 0 Å². The Morgan fingerprint density at radius 1 is 1.62 bits per heavy atom. The van der Waals surface area contributed by atoms with Gasteiger partial charge in [0.2, 0.25) is 5.91 Å². The summed E-state index contributed by atoms with van der Waals surface area (Å²) in [5, 5.41) is 4.00. The molecule has 0 aliphatic heterocycles. The van der Waals surface area contributed by atoms with Crippen LogP contribution in [0.3, 0.4) is 0 Å². The summed E-state index contributed by atoms with van der Waals surface area (Å²) < 4.78 is 1.50. The molecule has 0 unspecified atom stereocenters. The van der Waals surface area contributed by atoms with Crippen molar-refractivity contribution in [2.75, 3.05) is 0 Å². The van der Waals surface area contributed by atoms with Gasteiger partial charge in [-0.2, -0.15) is 4.98 Å². The first-order valence-electron chi connectivity index (χ1n) is 3.70. The number of carbonyl (C=O) groups excluding carboxylic acids is 1. The van der Waals surface area contributed by atoms with Crippen LogP contribution in [0.1, 0.15) is 5.82 Å². The van der Waals surface area contributed by atoms with Gasteiger partial charge in [0.1, 0.15) is 0 Å². The van der Waals surface area contributed by atoms with Crippen LogP contribution in [0.25, 0.3) is 5.78 Å². The highest BCUT2D eigenvalue weighted by Crippen LogP contribution is 1.96. The molecule has 2 N–H and O–H groups in total. The quantitative estimate of drug-likeness (QED) is 0.647. The van der Waals surface area contributed by atoms with Gasteiger partial charge in [0.05, 0.1) is 6.42 Å². The standard InChI is InChI=1S/C7H7N5O/c8-5(13)4-6-10-7-9-2-1-3-12(7)11-6/h1-3H,4H2,(H2,8,13). The minimum Gasteiger partial charge on any atom is -0.369 e. The summed E-state index contributed by atoms with van der Waals surface area (Å²) in [4.78, 5) is 18.5. The molecule has 2 aromatic rings. The van der Waals surface area contributed by atoms with Gasteiger partial charge in [-0.1, -0.05) is 0 Å². The molecular formula is C7H7N5O. The van der Waals surface area contributed by atoms with Crippen molar-refractivity contribution >= 4 is 11.7 Å². The van der Waals surface area contributed by atoms with E-state index in [0.29, 0.717) is 11.6 Å². The van der Waals surface area contributed by atoms with Crippen LogP contribution in [0.2, 0.25) is 0 Å². The molecule has 0 saturated carbocycles. The average Bonchev–Trinajstić information content (AvgIpc) is 2.44. The molecule has 2 rings (SSSR count). The lowest BCUT2D eigenvalue weighted by Gasteiger charge is -1.85. The van der Waals surface area contributed by atoms with E-state index in [1.807, 2.05) is 0 Å². The van der Waals surface area contributed by atoms with E-state index in [2.05, 4.69) is 15.1 Å². The molecule has 1 amide bonds. The van der Waals surface area contributed by atoms with E-state index in [9.17, 15) is 4.79 Å². The minimum atomic E-state index is -0.448. The Balaban J connectivity index is 2.44. The van der Waals surface area contributed by atoms with Crippen molar-refractivity contribution in [3.63, 3.8) is 0 Å². The summed E-state index contributed by atoms with van der Waals surface area (Å²) in [6.07, 6.45) is 3.36. The summed E-state index contributed by atoms with van der Waals surface area (Å²) in [6, 6.07) is 1.73. The van der Waals surface area contributed by atoms with Crippen molar-refractivity contribution in [3.05, 3.63) is 24.3 Å². The number of nitrogens with two attached hydrogens (primary N) is 1. The topological polar surface area (TPSA) is 86.2 Å². The first kappa shape index (κ1) is 7.66. The molecule has 0 aromatic carbocycles. The first-order valence-corrected chi connectivity index (χ1v) is 3.70. The van der Waals surface area contributed by atoms with Crippen molar-refractivity contribution in [2.45, 2.75) is 6.42 Å². The summed E-state index contributed by atoms with van der Waals surface area (Å²) >= 11 is 0. The summed E-state index contributed by atoms with van der Waals surface area (Å²) in [6.45, 7) is 0. The second-order valence-electron chi connectivity index (χ2n) is 2.54. The number of aromatic nitrogens is 4. The van der Waals surface area contributed by atoms with E-state index < -0.39 is 5.91 Å². The molecule has 0 bridgehead atoms. The largest absolute Gasteiger partial charge is 0.369 e. The first-order chi connectivity index (χ1) is 6.25. The van der Waals surface area contributed by atoms with Crippen LogP contribution >= 0.6 is 0 Å². The molecule has 0 fully saturated rings. The van der Waals surface area contributed by atoms with Gasteiger partial charge in [-0.15, -0.1) is 5.10 Å². The van der Waals surface area contributed by atoms with E-state index >= 15 is 0 Å². The maximum atomic E-state index is 10.6. The van der Waals surface area contributed by atoms with Gasteiger partial charge in [-0.05, 0) is 6.07 Å². The lowest BCUT2D eigenvalue weighted by Crippen LogP contribution is -2.14. The molecule has 2 aromatic heterocycles. The van der Waals surface area contributed by atoms with Crippen molar-refractivity contribution < 1.29 is 4.79 Å². The van der Waals surface area contributed by atoms with Crippen molar-refractivity contribution in [1.82, 2.24) is 19.6 Å².